The molecule has 1 aromatic rings. The second kappa shape index (κ2) is 8.12. The molecule has 0 aliphatic heterocycles. The van der Waals surface area contributed by atoms with Gasteiger partial charge in [0.2, 0.25) is 0 Å². The third kappa shape index (κ3) is 7.07. The van der Waals surface area contributed by atoms with Gasteiger partial charge < -0.3 is 20.7 Å². The average molecular weight is 268 g/mol. The molecule has 0 saturated carbocycles. The highest BCUT2D eigenvalue weighted by molar-refractivity contribution is 5.73. The van der Waals surface area contributed by atoms with Gasteiger partial charge in [-0.25, -0.2) is 9.78 Å². The van der Waals surface area contributed by atoms with Gasteiger partial charge in [0.05, 0.1) is 0 Å². The summed E-state index contributed by atoms with van der Waals surface area (Å²) in [4.78, 5) is 28.9. The first-order chi connectivity index (χ1) is 9.08. The minimum atomic E-state index is -0.854. The maximum atomic E-state index is 11.4. The van der Waals surface area contributed by atoms with Crippen molar-refractivity contribution < 1.29 is 14.7 Å². The second-order valence-corrected chi connectivity index (χ2v) is 4.48. The van der Waals surface area contributed by atoms with E-state index in [9.17, 15) is 9.59 Å². The normalized spacial score (nSPS) is 11.8. The monoisotopic (exact) mass is 268 g/mol. The number of amides is 2. The Balaban J connectivity index is 2.03. The van der Waals surface area contributed by atoms with Crippen LogP contribution in [0.3, 0.4) is 0 Å². The number of imidazole rings is 1. The zero-order valence-electron chi connectivity index (χ0n) is 11.0. The fourth-order valence-electron chi connectivity index (χ4n) is 1.59. The maximum Gasteiger partial charge on any atom is 0.314 e. The first-order valence-corrected chi connectivity index (χ1v) is 6.29. The van der Waals surface area contributed by atoms with Crippen LogP contribution in [0, 0.1) is 5.92 Å². The molecule has 1 aromatic heterocycles. The van der Waals surface area contributed by atoms with Crippen molar-refractivity contribution in [3.63, 3.8) is 0 Å². The molecule has 1 atom stereocenters. The third-order valence-corrected chi connectivity index (χ3v) is 2.56. The molecule has 0 aliphatic rings. The molecule has 0 aliphatic carbocycles. The van der Waals surface area contributed by atoms with Crippen LogP contribution < -0.4 is 10.6 Å². The van der Waals surface area contributed by atoms with Crippen molar-refractivity contribution in [2.24, 2.45) is 5.92 Å². The maximum absolute atomic E-state index is 11.4. The van der Waals surface area contributed by atoms with E-state index in [1.165, 1.54) is 0 Å². The smallest absolute Gasteiger partial charge is 0.314 e. The second-order valence-electron chi connectivity index (χ2n) is 4.48. The van der Waals surface area contributed by atoms with Crippen LogP contribution in [0.2, 0.25) is 0 Å². The number of urea groups is 1. The summed E-state index contributed by atoms with van der Waals surface area (Å²) >= 11 is 0. The Labute approximate surface area is 111 Å². The summed E-state index contributed by atoms with van der Waals surface area (Å²) in [7, 11) is 0. The number of aryl methyl sites for hydroxylation is 1. The van der Waals surface area contributed by atoms with E-state index in [2.05, 4.69) is 20.6 Å². The molecule has 106 valence electrons. The van der Waals surface area contributed by atoms with E-state index < -0.39 is 5.97 Å². The summed E-state index contributed by atoms with van der Waals surface area (Å²) in [6.07, 6.45) is 5.09. The molecular formula is C12H20N4O3. The lowest BCUT2D eigenvalue weighted by Crippen LogP contribution is -2.38. The topological polar surface area (TPSA) is 107 Å². The first-order valence-electron chi connectivity index (χ1n) is 6.29. The summed E-state index contributed by atoms with van der Waals surface area (Å²) in [5.41, 5.74) is 0. The van der Waals surface area contributed by atoms with Crippen molar-refractivity contribution in [2.45, 2.75) is 26.2 Å². The number of carboxylic acid groups (broad SMARTS) is 1. The summed E-state index contributed by atoms with van der Waals surface area (Å²) < 4.78 is 0. The number of nitrogens with zero attached hydrogens (tertiary/aromatic N) is 1. The number of carbonyl (C=O) groups excluding carboxylic acids is 1. The minimum Gasteiger partial charge on any atom is -0.481 e. The van der Waals surface area contributed by atoms with Gasteiger partial charge in [0.15, 0.2) is 0 Å². The molecule has 19 heavy (non-hydrogen) atoms. The Morgan fingerprint density at radius 2 is 2.26 bits per heavy atom. The van der Waals surface area contributed by atoms with Crippen molar-refractivity contribution in [3.8, 4) is 0 Å². The van der Waals surface area contributed by atoms with Crippen LogP contribution in [0.4, 0.5) is 4.79 Å². The zero-order valence-corrected chi connectivity index (χ0v) is 11.0. The molecule has 0 saturated heterocycles. The lowest BCUT2D eigenvalue weighted by atomic mass is 10.1. The first kappa shape index (κ1) is 15.0. The number of aliphatic carboxylic acids is 1. The van der Waals surface area contributed by atoms with Gasteiger partial charge in [-0.2, -0.15) is 0 Å². The highest BCUT2D eigenvalue weighted by Gasteiger charge is 2.08. The number of nitrogens with one attached hydrogen (secondary N) is 3. The fourth-order valence-corrected chi connectivity index (χ4v) is 1.59. The summed E-state index contributed by atoms with van der Waals surface area (Å²) in [5, 5.41) is 13.9. The lowest BCUT2D eigenvalue weighted by molar-refractivity contribution is -0.137. The Bertz CT molecular complexity index is 392. The van der Waals surface area contributed by atoms with E-state index in [1.807, 2.05) is 0 Å². The predicted molar refractivity (Wildman–Crippen MR) is 69.7 cm³/mol. The van der Waals surface area contributed by atoms with Gasteiger partial charge in [0, 0.05) is 38.3 Å². The van der Waals surface area contributed by atoms with Crippen LogP contribution in [0.15, 0.2) is 12.4 Å². The van der Waals surface area contributed by atoms with Crippen LogP contribution in [0.1, 0.15) is 25.6 Å². The molecular weight excluding hydrogens is 248 g/mol. The number of hydrogen-bond donors (Lipinski definition) is 4. The number of aromatic nitrogens is 2. The molecule has 0 spiro atoms. The van der Waals surface area contributed by atoms with E-state index in [1.54, 1.807) is 19.3 Å². The van der Waals surface area contributed by atoms with Crippen LogP contribution >= 0.6 is 0 Å². The molecule has 0 fully saturated rings. The van der Waals surface area contributed by atoms with E-state index >= 15 is 0 Å². The van der Waals surface area contributed by atoms with Gasteiger partial charge in [-0.3, -0.25) is 4.79 Å². The number of H-pyrrole nitrogens is 1. The molecule has 7 heteroatoms. The van der Waals surface area contributed by atoms with Crippen LogP contribution in [-0.4, -0.2) is 40.2 Å². The standard InChI is InChI=1S/C12H20N4O3/c1-9(7-11(17)18)8-16-12(19)15-4-2-3-10-13-5-6-14-10/h5-6,9H,2-4,7-8H2,1H3,(H,13,14)(H,17,18)(H2,15,16,19). The molecule has 0 aromatic carbocycles. The molecule has 1 heterocycles. The summed E-state index contributed by atoms with van der Waals surface area (Å²) in [5.74, 6) is -0.0307. The predicted octanol–water partition coefficient (Wildman–Crippen LogP) is 0.752. The average Bonchev–Trinajstić information content (AvgIpc) is 2.84. The van der Waals surface area contributed by atoms with E-state index in [0.29, 0.717) is 13.1 Å². The number of rotatable bonds is 8. The lowest BCUT2D eigenvalue weighted by Gasteiger charge is -2.11. The van der Waals surface area contributed by atoms with Crippen molar-refractivity contribution in [1.82, 2.24) is 20.6 Å². The Morgan fingerprint density at radius 3 is 2.89 bits per heavy atom. The van der Waals surface area contributed by atoms with Gasteiger partial charge in [-0.05, 0) is 12.3 Å². The van der Waals surface area contributed by atoms with Gasteiger partial charge in [-0.15, -0.1) is 0 Å². The van der Waals surface area contributed by atoms with Crippen molar-refractivity contribution in [2.75, 3.05) is 13.1 Å². The van der Waals surface area contributed by atoms with Gasteiger partial charge in [0.1, 0.15) is 5.82 Å². The molecule has 1 rings (SSSR count). The molecule has 1 unspecified atom stereocenters. The van der Waals surface area contributed by atoms with E-state index in [-0.39, 0.29) is 18.4 Å². The highest BCUT2D eigenvalue weighted by atomic mass is 16.4. The number of hydrogen-bond acceptors (Lipinski definition) is 3. The summed E-state index contributed by atoms with van der Waals surface area (Å²) in [6, 6.07) is -0.267. The SMILES string of the molecule is CC(CNC(=O)NCCCc1ncc[nH]1)CC(=O)O. The van der Waals surface area contributed by atoms with Crippen molar-refractivity contribution in [3.05, 3.63) is 18.2 Å². The van der Waals surface area contributed by atoms with E-state index in [0.717, 1.165) is 18.7 Å². The largest absolute Gasteiger partial charge is 0.481 e. The Morgan fingerprint density at radius 1 is 1.47 bits per heavy atom. The minimum absolute atomic E-state index is 0.0543. The van der Waals surface area contributed by atoms with Crippen molar-refractivity contribution >= 4 is 12.0 Å². The van der Waals surface area contributed by atoms with Gasteiger partial charge >= 0.3 is 12.0 Å². The van der Waals surface area contributed by atoms with Gasteiger partial charge in [-0.1, -0.05) is 6.92 Å². The van der Waals surface area contributed by atoms with Crippen LogP contribution in [-0.2, 0) is 11.2 Å². The molecule has 7 nitrogen and oxygen atoms in total. The quantitative estimate of drug-likeness (QED) is 0.522. The highest BCUT2D eigenvalue weighted by Crippen LogP contribution is 1.99. The van der Waals surface area contributed by atoms with Crippen molar-refractivity contribution in [1.29, 1.82) is 0 Å². The van der Waals surface area contributed by atoms with E-state index in [4.69, 9.17) is 5.11 Å². The summed E-state index contributed by atoms with van der Waals surface area (Å²) in [6.45, 7) is 2.70. The van der Waals surface area contributed by atoms with Crippen LogP contribution in [0.5, 0.6) is 0 Å². The number of carboxylic acids is 1. The van der Waals surface area contributed by atoms with Crippen LogP contribution in [0.25, 0.3) is 0 Å². The number of aromatic amines is 1. The molecule has 0 bridgehead atoms. The zero-order chi connectivity index (χ0) is 14.1. The van der Waals surface area contributed by atoms with Gasteiger partial charge in [0.25, 0.3) is 0 Å². The molecule has 0 radical (unpaired) electrons. The fraction of sp³-hybridized carbons (Fsp3) is 0.583. The Hall–Kier alpha value is -2.05. The molecule has 2 amide bonds. The third-order valence-electron chi connectivity index (χ3n) is 2.56. The number of carbonyl (C=O) groups is 2. The molecule has 4 N–H and O–H groups in total. The Kier molecular flexibility index (Phi) is 6.42.